The van der Waals surface area contributed by atoms with E-state index in [0.717, 1.165) is 11.3 Å². The lowest BCUT2D eigenvalue weighted by Crippen LogP contribution is -2.14. The van der Waals surface area contributed by atoms with Crippen molar-refractivity contribution in [3.63, 3.8) is 0 Å². The molecule has 12 heteroatoms. The number of carbonyl (C=O) groups excluding carboxylic acids is 1. The first-order valence-electron chi connectivity index (χ1n) is 10.4. The third-order valence-corrected chi connectivity index (χ3v) is 7.22. The van der Waals surface area contributed by atoms with Crippen LogP contribution >= 0.6 is 46.3 Å². The van der Waals surface area contributed by atoms with Gasteiger partial charge in [-0.1, -0.05) is 35.0 Å². The molecule has 0 spiro atoms. The summed E-state index contributed by atoms with van der Waals surface area (Å²) < 4.78 is 12.9. The van der Waals surface area contributed by atoms with E-state index in [0.29, 0.717) is 37.6 Å². The molecule has 8 nitrogen and oxygen atoms in total. The summed E-state index contributed by atoms with van der Waals surface area (Å²) in [6, 6.07) is 12.5. The van der Waals surface area contributed by atoms with Gasteiger partial charge in [0.1, 0.15) is 11.5 Å². The molecule has 0 aliphatic rings. The molecule has 4 rings (SSSR count). The highest BCUT2D eigenvalue weighted by atomic mass is 35.5. The second kappa shape index (κ2) is 11.3. The van der Waals surface area contributed by atoms with Crippen LogP contribution in [0.5, 0.6) is 11.5 Å². The standard InChI is InChI=1S/C23H21Cl2N5O3S2/c1-13(33-16-7-5-15(32-3)6-8-16)21-28-29-23(30(21)2)35-12-20(31)27-22-26-19(11-34-22)17-9-4-14(24)10-18(17)25/h4-11,13H,12H2,1-3H3,(H,26,27,31). The molecular formula is C23H21Cl2N5O3S2. The van der Waals surface area contributed by atoms with Crippen LogP contribution in [0, 0.1) is 0 Å². The lowest BCUT2D eigenvalue weighted by Gasteiger charge is -2.14. The van der Waals surface area contributed by atoms with E-state index in [-0.39, 0.29) is 17.8 Å². The van der Waals surface area contributed by atoms with Crippen molar-refractivity contribution < 1.29 is 14.3 Å². The third kappa shape index (κ3) is 6.26. The van der Waals surface area contributed by atoms with Gasteiger partial charge in [0.25, 0.3) is 0 Å². The van der Waals surface area contributed by atoms with E-state index in [1.165, 1.54) is 23.1 Å². The molecule has 182 valence electrons. The van der Waals surface area contributed by atoms with Crippen LogP contribution in [-0.4, -0.2) is 38.5 Å². The van der Waals surface area contributed by atoms with Crippen molar-refractivity contribution in [3.8, 4) is 22.8 Å². The summed E-state index contributed by atoms with van der Waals surface area (Å²) in [4.78, 5) is 16.9. The number of amides is 1. The number of aromatic nitrogens is 4. The minimum absolute atomic E-state index is 0.149. The molecule has 0 saturated carbocycles. The summed E-state index contributed by atoms with van der Waals surface area (Å²) in [6.45, 7) is 1.89. The Labute approximate surface area is 220 Å². The van der Waals surface area contributed by atoms with Gasteiger partial charge < -0.3 is 19.4 Å². The maximum atomic E-state index is 12.5. The first kappa shape index (κ1) is 25.3. The fraction of sp³-hybridized carbons (Fsp3) is 0.217. The van der Waals surface area contributed by atoms with Gasteiger partial charge in [0, 0.05) is 23.0 Å². The lowest BCUT2D eigenvalue weighted by atomic mass is 10.2. The molecule has 2 heterocycles. The van der Waals surface area contributed by atoms with E-state index in [9.17, 15) is 4.79 Å². The molecule has 0 fully saturated rings. The Morgan fingerprint density at radius 3 is 2.63 bits per heavy atom. The average Bonchev–Trinajstić information content (AvgIpc) is 3.44. The Hall–Kier alpha value is -2.79. The minimum atomic E-state index is -0.336. The van der Waals surface area contributed by atoms with Crippen molar-refractivity contribution in [2.75, 3.05) is 18.2 Å². The highest BCUT2D eigenvalue weighted by Gasteiger charge is 2.19. The maximum absolute atomic E-state index is 12.5. The van der Waals surface area contributed by atoms with E-state index >= 15 is 0 Å². The number of methoxy groups -OCH3 is 1. The number of nitrogens with one attached hydrogen (secondary N) is 1. The first-order valence-corrected chi connectivity index (χ1v) is 13.0. The Morgan fingerprint density at radius 2 is 1.91 bits per heavy atom. The molecule has 0 bridgehead atoms. The van der Waals surface area contributed by atoms with Crippen LogP contribution in [0.15, 0.2) is 53.0 Å². The zero-order chi connectivity index (χ0) is 24.9. The molecule has 0 aliphatic carbocycles. The van der Waals surface area contributed by atoms with E-state index in [1.54, 1.807) is 25.3 Å². The quantitative estimate of drug-likeness (QED) is 0.251. The summed E-state index contributed by atoms with van der Waals surface area (Å²) in [5, 5.41) is 15.2. The number of hydrogen-bond acceptors (Lipinski definition) is 8. The molecule has 0 saturated heterocycles. The van der Waals surface area contributed by atoms with Crippen molar-refractivity contribution in [2.24, 2.45) is 7.05 Å². The zero-order valence-electron chi connectivity index (χ0n) is 19.0. The van der Waals surface area contributed by atoms with Gasteiger partial charge in [0.05, 0.1) is 23.6 Å². The molecule has 0 radical (unpaired) electrons. The van der Waals surface area contributed by atoms with Crippen LogP contribution in [0.4, 0.5) is 5.13 Å². The number of anilines is 1. The predicted octanol–water partition coefficient (Wildman–Crippen LogP) is 6.12. The number of halogens is 2. The fourth-order valence-electron chi connectivity index (χ4n) is 3.15. The van der Waals surface area contributed by atoms with Gasteiger partial charge in [-0.05, 0) is 49.4 Å². The van der Waals surface area contributed by atoms with Crippen LogP contribution < -0.4 is 14.8 Å². The number of nitrogens with zero attached hydrogens (tertiary/aromatic N) is 4. The molecule has 1 amide bonds. The Bertz CT molecular complexity index is 1330. The van der Waals surface area contributed by atoms with Crippen molar-refractivity contribution in [1.82, 2.24) is 19.7 Å². The highest BCUT2D eigenvalue weighted by molar-refractivity contribution is 7.99. The molecule has 2 aromatic carbocycles. The number of carbonyl (C=O) groups is 1. The number of benzene rings is 2. The molecular weight excluding hydrogens is 529 g/mol. The maximum Gasteiger partial charge on any atom is 0.236 e. The van der Waals surface area contributed by atoms with Crippen LogP contribution in [0.3, 0.4) is 0 Å². The van der Waals surface area contributed by atoms with Crippen molar-refractivity contribution in [2.45, 2.75) is 18.2 Å². The Kier molecular flexibility index (Phi) is 8.17. The molecule has 0 aliphatic heterocycles. The summed E-state index contributed by atoms with van der Waals surface area (Å²) >= 11 is 14.8. The molecule has 1 atom stereocenters. The molecule has 1 unspecified atom stereocenters. The number of ether oxygens (including phenoxy) is 2. The number of hydrogen-bond donors (Lipinski definition) is 1. The van der Waals surface area contributed by atoms with Gasteiger partial charge >= 0.3 is 0 Å². The largest absolute Gasteiger partial charge is 0.497 e. The number of thiazole rings is 1. The fourth-order valence-corrected chi connectivity index (χ4v) is 5.10. The van der Waals surface area contributed by atoms with Gasteiger partial charge in [0.15, 0.2) is 22.2 Å². The Morgan fingerprint density at radius 1 is 1.17 bits per heavy atom. The van der Waals surface area contributed by atoms with E-state index in [4.69, 9.17) is 32.7 Å². The SMILES string of the molecule is COc1ccc(OC(C)c2nnc(SCC(=O)Nc3nc(-c4ccc(Cl)cc4Cl)cs3)n2C)cc1. The molecule has 1 N–H and O–H groups in total. The van der Waals surface area contributed by atoms with Crippen molar-refractivity contribution in [3.05, 3.63) is 63.7 Å². The van der Waals surface area contributed by atoms with Gasteiger partial charge in [-0.25, -0.2) is 4.98 Å². The van der Waals surface area contributed by atoms with Crippen LogP contribution in [-0.2, 0) is 11.8 Å². The topological polar surface area (TPSA) is 91.2 Å². The monoisotopic (exact) mass is 549 g/mol. The summed E-state index contributed by atoms with van der Waals surface area (Å²) in [5.41, 5.74) is 1.42. The molecule has 35 heavy (non-hydrogen) atoms. The summed E-state index contributed by atoms with van der Waals surface area (Å²) in [5.74, 6) is 2.04. The van der Waals surface area contributed by atoms with Crippen molar-refractivity contribution >= 4 is 57.3 Å². The van der Waals surface area contributed by atoms with Crippen LogP contribution in [0.2, 0.25) is 10.0 Å². The van der Waals surface area contributed by atoms with E-state index in [1.807, 2.05) is 48.2 Å². The summed E-state index contributed by atoms with van der Waals surface area (Å²) in [6.07, 6.45) is -0.336. The van der Waals surface area contributed by atoms with E-state index in [2.05, 4.69) is 20.5 Å². The highest BCUT2D eigenvalue weighted by Crippen LogP contribution is 2.32. The van der Waals surface area contributed by atoms with Gasteiger partial charge in [-0.2, -0.15) is 0 Å². The second-order valence-corrected chi connectivity index (χ2v) is 9.98. The minimum Gasteiger partial charge on any atom is -0.497 e. The van der Waals surface area contributed by atoms with Gasteiger partial charge in [-0.3, -0.25) is 4.79 Å². The lowest BCUT2D eigenvalue weighted by molar-refractivity contribution is -0.113. The van der Waals surface area contributed by atoms with Crippen LogP contribution in [0.25, 0.3) is 11.3 Å². The van der Waals surface area contributed by atoms with E-state index < -0.39 is 0 Å². The van der Waals surface area contributed by atoms with Crippen molar-refractivity contribution in [1.29, 1.82) is 0 Å². The predicted molar refractivity (Wildman–Crippen MR) is 140 cm³/mol. The van der Waals surface area contributed by atoms with Crippen LogP contribution in [0.1, 0.15) is 18.9 Å². The molecule has 2 aromatic heterocycles. The third-order valence-electron chi connectivity index (χ3n) is 4.89. The summed E-state index contributed by atoms with van der Waals surface area (Å²) in [7, 11) is 3.45. The molecule has 4 aromatic rings. The second-order valence-electron chi connectivity index (χ2n) is 7.33. The van der Waals surface area contributed by atoms with Gasteiger partial charge in [0.2, 0.25) is 5.91 Å². The number of rotatable bonds is 9. The first-order chi connectivity index (χ1) is 16.8. The Balaban J connectivity index is 1.33. The van der Waals surface area contributed by atoms with Gasteiger partial charge in [-0.15, -0.1) is 21.5 Å². The number of thioether (sulfide) groups is 1. The average molecular weight is 550 g/mol. The smallest absolute Gasteiger partial charge is 0.236 e. The normalized spacial score (nSPS) is 11.8. The zero-order valence-corrected chi connectivity index (χ0v) is 22.1.